The average molecular weight is 473 g/mol. The lowest BCUT2D eigenvalue weighted by Gasteiger charge is -2.28. The maximum Gasteiger partial charge on any atom is 0.326 e. The predicted octanol–water partition coefficient (Wildman–Crippen LogP) is -1.82. The first-order valence-electron chi connectivity index (χ1n) is 10.2. The van der Waals surface area contributed by atoms with Crippen molar-refractivity contribution < 1.29 is 29.4 Å². The molecule has 13 heteroatoms. The van der Waals surface area contributed by atoms with E-state index in [4.69, 9.17) is 5.73 Å². The molecule has 8 N–H and O–H groups in total. The fourth-order valence-corrected chi connectivity index (χ4v) is 2.94. The van der Waals surface area contributed by atoms with Gasteiger partial charge in [-0.1, -0.05) is 20.3 Å². The highest BCUT2D eigenvalue weighted by atomic mass is 32.1. The number of aliphatic carboxylic acids is 1. The first-order chi connectivity index (χ1) is 15.0. The van der Waals surface area contributed by atoms with Crippen LogP contribution in [0.4, 0.5) is 0 Å². The summed E-state index contributed by atoms with van der Waals surface area (Å²) in [7, 11) is 0. The van der Waals surface area contributed by atoms with Crippen LogP contribution in [-0.2, 0) is 25.6 Å². The van der Waals surface area contributed by atoms with Gasteiger partial charge in [0, 0.05) is 24.1 Å². The fraction of sp³-hybridized carbons (Fsp3) is 0.632. The van der Waals surface area contributed by atoms with Crippen LogP contribution in [0.25, 0.3) is 0 Å². The average Bonchev–Trinajstić information content (AvgIpc) is 3.26. The number of carbonyl (C=O) groups is 4. The van der Waals surface area contributed by atoms with E-state index in [1.807, 2.05) is 0 Å². The highest BCUT2D eigenvalue weighted by Crippen LogP contribution is 2.10. The first-order valence-corrected chi connectivity index (χ1v) is 10.8. The molecule has 0 saturated heterocycles. The van der Waals surface area contributed by atoms with Crippen LogP contribution in [0.15, 0.2) is 12.5 Å². The van der Waals surface area contributed by atoms with Gasteiger partial charge in [-0.05, 0) is 12.8 Å². The Kier molecular flexibility index (Phi) is 11.2. The fourth-order valence-electron chi connectivity index (χ4n) is 2.77. The topological polar surface area (TPSA) is 200 Å². The van der Waals surface area contributed by atoms with E-state index >= 15 is 0 Å². The minimum Gasteiger partial charge on any atom is -0.480 e. The zero-order valence-electron chi connectivity index (χ0n) is 18.2. The molecule has 3 amide bonds. The lowest BCUT2D eigenvalue weighted by Crippen LogP contribution is -2.61. The molecule has 32 heavy (non-hydrogen) atoms. The van der Waals surface area contributed by atoms with E-state index in [1.165, 1.54) is 19.4 Å². The van der Waals surface area contributed by atoms with E-state index in [9.17, 15) is 29.4 Å². The summed E-state index contributed by atoms with van der Waals surface area (Å²) in [5, 5.41) is 26.7. The minimum absolute atomic E-state index is 0.0315. The zero-order chi connectivity index (χ0) is 24.4. The molecule has 0 saturated carbocycles. The number of aromatic nitrogens is 2. The SMILES string of the molecule is CCC(C)C(NC(=O)C(NC(=O)C(N)CS)C(C)O)C(=O)NC(Cc1cnc[nH]1)C(=O)O. The van der Waals surface area contributed by atoms with Gasteiger partial charge < -0.3 is 36.9 Å². The third-order valence-electron chi connectivity index (χ3n) is 4.98. The molecule has 0 aliphatic heterocycles. The molecular formula is C19H32N6O6S. The van der Waals surface area contributed by atoms with Gasteiger partial charge in [-0.2, -0.15) is 12.6 Å². The summed E-state index contributed by atoms with van der Waals surface area (Å²) in [6, 6.07) is -4.72. The number of nitrogens with one attached hydrogen (secondary N) is 4. The Bertz CT molecular complexity index is 774. The second-order valence-electron chi connectivity index (χ2n) is 7.57. The van der Waals surface area contributed by atoms with Gasteiger partial charge in [-0.25, -0.2) is 9.78 Å². The number of aliphatic hydroxyl groups is 1. The summed E-state index contributed by atoms with van der Waals surface area (Å²) >= 11 is 3.93. The van der Waals surface area contributed by atoms with E-state index in [1.54, 1.807) is 13.8 Å². The molecule has 0 fully saturated rings. The van der Waals surface area contributed by atoms with Gasteiger partial charge in [0.25, 0.3) is 0 Å². The van der Waals surface area contributed by atoms with Crippen LogP contribution in [0, 0.1) is 5.92 Å². The Morgan fingerprint density at radius 3 is 2.19 bits per heavy atom. The van der Waals surface area contributed by atoms with Gasteiger partial charge in [0.05, 0.1) is 18.5 Å². The van der Waals surface area contributed by atoms with Crippen molar-refractivity contribution in [1.82, 2.24) is 25.9 Å². The van der Waals surface area contributed by atoms with E-state index in [2.05, 4.69) is 38.5 Å². The molecule has 0 aromatic carbocycles. The third-order valence-corrected chi connectivity index (χ3v) is 5.38. The number of nitrogens with zero attached hydrogens (tertiary/aromatic N) is 1. The highest BCUT2D eigenvalue weighted by molar-refractivity contribution is 7.80. The second kappa shape index (κ2) is 13.0. The summed E-state index contributed by atoms with van der Waals surface area (Å²) in [5.74, 6) is -3.79. The number of carbonyl (C=O) groups excluding carboxylic acids is 3. The van der Waals surface area contributed by atoms with E-state index in [0.29, 0.717) is 12.1 Å². The summed E-state index contributed by atoms with van der Waals surface area (Å²) in [5.41, 5.74) is 6.11. The van der Waals surface area contributed by atoms with Gasteiger partial charge in [0.1, 0.15) is 18.1 Å². The number of thiol groups is 1. The van der Waals surface area contributed by atoms with Crippen LogP contribution < -0.4 is 21.7 Å². The number of aliphatic hydroxyl groups excluding tert-OH is 1. The number of carboxylic acid groups (broad SMARTS) is 1. The monoisotopic (exact) mass is 472 g/mol. The van der Waals surface area contributed by atoms with Crippen molar-refractivity contribution in [2.75, 3.05) is 5.75 Å². The summed E-state index contributed by atoms with van der Waals surface area (Å²) in [6.45, 7) is 4.82. The number of imidazole rings is 1. The normalized spacial score (nSPS) is 16.7. The molecule has 1 heterocycles. The van der Waals surface area contributed by atoms with Crippen molar-refractivity contribution in [3.63, 3.8) is 0 Å². The van der Waals surface area contributed by atoms with Crippen molar-refractivity contribution in [3.05, 3.63) is 18.2 Å². The van der Waals surface area contributed by atoms with Crippen LogP contribution in [0.5, 0.6) is 0 Å². The maximum absolute atomic E-state index is 12.9. The number of hydrogen-bond donors (Lipinski definition) is 8. The lowest BCUT2D eigenvalue weighted by atomic mass is 9.97. The molecule has 1 aromatic heterocycles. The molecule has 0 spiro atoms. The molecule has 6 unspecified atom stereocenters. The van der Waals surface area contributed by atoms with Crippen LogP contribution in [-0.4, -0.2) is 79.9 Å². The Hall–Kier alpha value is -2.64. The third kappa shape index (κ3) is 8.13. The number of H-pyrrole nitrogens is 1. The molecule has 12 nitrogen and oxygen atoms in total. The molecular weight excluding hydrogens is 440 g/mol. The quantitative estimate of drug-likeness (QED) is 0.153. The highest BCUT2D eigenvalue weighted by Gasteiger charge is 2.34. The van der Waals surface area contributed by atoms with Gasteiger partial charge >= 0.3 is 5.97 Å². The summed E-state index contributed by atoms with van der Waals surface area (Å²) in [6.07, 6.45) is 2.02. The predicted molar refractivity (Wildman–Crippen MR) is 119 cm³/mol. The molecule has 0 bridgehead atoms. The maximum atomic E-state index is 12.9. The number of rotatable bonds is 13. The number of aromatic amines is 1. The van der Waals surface area contributed by atoms with Crippen LogP contribution >= 0.6 is 12.6 Å². The van der Waals surface area contributed by atoms with Gasteiger partial charge in [0.15, 0.2) is 0 Å². The second-order valence-corrected chi connectivity index (χ2v) is 7.93. The molecule has 180 valence electrons. The minimum atomic E-state index is -1.37. The zero-order valence-corrected chi connectivity index (χ0v) is 19.1. The van der Waals surface area contributed by atoms with Crippen molar-refractivity contribution >= 4 is 36.3 Å². The van der Waals surface area contributed by atoms with Crippen LogP contribution in [0.1, 0.15) is 32.9 Å². The molecule has 1 aromatic rings. The number of carboxylic acids is 1. The molecule has 1 rings (SSSR count). The molecule has 0 aliphatic carbocycles. The Morgan fingerprint density at radius 1 is 1.12 bits per heavy atom. The summed E-state index contributed by atoms with van der Waals surface area (Å²) in [4.78, 5) is 55.9. The number of amides is 3. The number of nitrogens with two attached hydrogens (primary N) is 1. The van der Waals surface area contributed by atoms with Crippen molar-refractivity contribution in [2.45, 2.75) is 63.9 Å². The largest absolute Gasteiger partial charge is 0.480 e. The lowest BCUT2D eigenvalue weighted by molar-refractivity contribution is -0.142. The van der Waals surface area contributed by atoms with Crippen LogP contribution in [0.2, 0.25) is 0 Å². The Labute approximate surface area is 191 Å². The van der Waals surface area contributed by atoms with E-state index in [0.717, 1.165) is 0 Å². The number of hydrogen-bond acceptors (Lipinski definition) is 8. The Morgan fingerprint density at radius 2 is 1.72 bits per heavy atom. The van der Waals surface area contributed by atoms with Gasteiger partial charge in [-0.3, -0.25) is 14.4 Å². The van der Waals surface area contributed by atoms with E-state index in [-0.39, 0.29) is 18.1 Å². The standard InChI is InChI=1S/C19H32N6O6S/c1-4-9(2)14(17(28)23-13(19(30)31)5-11-6-21-8-22-11)24-18(29)15(10(3)26)25-16(27)12(20)7-32/h6,8-10,12-15,26,32H,4-5,7,20H2,1-3H3,(H,21,22)(H,23,28)(H,24,29)(H,25,27)(H,30,31). The van der Waals surface area contributed by atoms with E-state index < -0.39 is 54.0 Å². The van der Waals surface area contributed by atoms with Crippen LogP contribution in [0.3, 0.4) is 0 Å². The molecule has 0 radical (unpaired) electrons. The van der Waals surface area contributed by atoms with Crippen molar-refractivity contribution in [1.29, 1.82) is 0 Å². The smallest absolute Gasteiger partial charge is 0.326 e. The summed E-state index contributed by atoms with van der Waals surface area (Å²) < 4.78 is 0. The molecule has 6 atom stereocenters. The molecule has 0 aliphatic rings. The first kappa shape index (κ1) is 27.4. The van der Waals surface area contributed by atoms with Crippen molar-refractivity contribution in [2.24, 2.45) is 11.7 Å². The van der Waals surface area contributed by atoms with Gasteiger partial charge in [0.2, 0.25) is 17.7 Å². The Balaban J connectivity index is 2.97. The van der Waals surface area contributed by atoms with Gasteiger partial charge in [-0.15, -0.1) is 0 Å². The van der Waals surface area contributed by atoms with Crippen molar-refractivity contribution in [3.8, 4) is 0 Å².